The van der Waals surface area contributed by atoms with Crippen LogP contribution in [0.1, 0.15) is 45.6 Å². The molecular weight excluding hydrogens is 244 g/mol. The Kier molecular flexibility index (Phi) is 3.84. The van der Waals surface area contributed by atoms with Crippen LogP contribution >= 0.6 is 0 Å². The standard InChI is InChI=1S/C16H23F2N/c1-10-7-13(18)15(8-12(10)17)19-14-5-6-16(3,4)9-11(14)2/h7-8,11,14,19H,5-6,9H2,1-4H3. The molecule has 1 nitrogen and oxygen atoms in total. The molecule has 1 fully saturated rings. The molecule has 106 valence electrons. The molecule has 0 radical (unpaired) electrons. The molecule has 1 aromatic carbocycles. The summed E-state index contributed by atoms with van der Waals surface area (Å²) in [5, 5.41) is 3.19. The SMILES string of the molecule is Cc1cc(F)c(NC2CCC(C)(C)CC2C)cc1F. The monoisotopic (exact) mass is 267 g/mol. The normalized spacial score (nSPS) is 26.2. The fourth-order valence-corrected chi connectivity index (χ4v) is 3.12. The number of hydrogen-bond acceptors (Lipinski definition) is 1. The summed E-state index contributed by atoms with van der Waals surface area (Å²) in [6.45, 7) is 8.30. The Labute approximate surface area is 114 Å². The Morgan fingerprint density at radius 1 is 1.21 bits per heavy atom. The van der Waals surface area contributed by atoms with Gasteiger partial charge in [0.15, 0.2) is 0 Å². The molecule has 3 heteroatoms. The Hall–Kier alpha value is -1.12. The summed E-state index contributed by atoms with van der Waals surface area (Å²) >= 11 is 0. The summed E-state index contributed by atoms with van der Waals surface area (Å²) in [5.41, 5.74) is 0.995. The highest BCUT2D eigenvalue weighted by molar-refractivity contribution is 5.47. The van der Waals surface area contributed by atoms with Crippen LogP contribution in [0.3, 0.4) is 0 Å². The lowest BCUT2D eigenvalue weighted by atomic mass is 9.70. The molecule has 2 rings (SSSR count). The second-order valence-corrected chi connectivity index (χ2v) is 6.72. The first-order valence-corrected chi connectivity index (χ1v) is 7.01. The van der Waals surface area contributed by atoms with Crippen LogP contribution in [-0.4, -0.2) is 6.04 Å². The smallest absolute Gasteiger partial charge is 0.146 e. The molecule has 0 amide bonds. The third kappa shape index (κ3) is 3.26. The third-order valence-corrected chi connectivity index (χ3v) is 4.28. The second kappa shape index (κ2) is 5.10. The summed E-state index contributed by atoms with van der Waals surface area (Å²) < 4.78 is 27.4. The van der Waals surface area contributed by atoms with E-state index in [2.05, 4.69) is 26.1 Å². The highest BCUT2D eigenvalue weighted by Crippen LogP contribution is 2.39. The van der Waals surface area contributed by atoms with Gasteiger partial charge in [-0.05, 0) is 49.1 Å². The predicted octanol–water partition coefficient (Wildman–Crippen LogP) is 4.90. The van der Waals surface area contributed by atoms with Crippen molar-refractivity contribution in [2.75, 3.05) is 5.32 Å². The molecule has 1 aliphatic carbocycles. The number of halogens is 2. The van der Waals surface area contributed by atoms with Gasteiger partial charge in [-0.25, -0.2) is 8.78 Å². The van der Waals surface area contributed by atoms with Crippen molar-refractivity contribution in [1.82, 2.24) is 0 Å². The van der Waals surface area contributed by atoms with E-state index in [0.717, 1.165) is 19.3 Å². The van der Waals surface area contributed by atoms with Gasteiger partial charge in [0.05, 0.1) is 5.69 Å². The van der Waals surface area contributed by atoms with Crippen molar-refractivity contribution in [2.45, 2.75) is 53.0 Å². The van der Waals surface area contributed by atoms with Crippen molar-refractivity contribution in [3.8, 4) is 0 Å². The zero-order chi connectivity index (χ0) is 14.2. The summed E-state index contributed by atoms with van der Waals surface area (Å²) in [5.74, 6) is -0.254. The molecule has 2 unspecified atom stereocenters. The van der Waals surface area contributed by atoms with E-state index in [9.17, 15) is 8.78 Å². The lowest BCUT2D eigenvalue weighted by molar-refractivity contribution is 0.177. The maximum absolute atomic E-state index is 13.8. The molecule has 1 N–H and O–H groups in total. The first-order chi connectivity index (χ1) is 8.78. The number of anilines is 1. The van der Waals surface area contributed by atoms with Gasteiger partial charge < -0.3 is 5.32 Å². The van der Waals surface area contributed by atoms with Gasteiger partial charge in [0.2, 0.25) is 0 Å². The molecule has 1 aromatic rings. The van der Waals surface area contributed by atoms with E-state index in [-0.39, 0.29) is 17.7 Å². The van der Waals surface area contributed by atoms with Crippen LogP contribution in [0.2, 0.25) is 0 Å². The molecule has 0 aliphatic heterocycles. The molecule has 0 aromatic heterocycles. The van der Waals surface area contributed by atoms with Crippen molar-refractivity contribution in [3.63, 3.8) is 0 Å². The largest absolute Gasteiger partial charge is 0.380 e. The maximum Gasteiger partial charge on any atom is 0.146 e. The number of benzene rings is 1. The highest BCUT2D eigenvalue weighted by atomic mass is 19.1. The summed E-state index contributed by atoms with van der Waals surface area (Å²) in [6.07, 6.45) is 3.23. The fraction of sp³-hybridized carbons (Fsp3) is 0.625. The maximum atomic E-state index is 13.8. The van der Waals surface area contributed by atoms with Crippen LogP contribution in [0.5, 0.6) is 0 Å². The number of hydrogen-bond donors (Lipinski definition) is 1. The first-order valence-electron chi connectivity index (χ1n) is 7.01. The predicted molar refractivity (Wildman–Crippen MR) is 75.3 cm³/mol. The van der Waals surface area contributed by atoms with Crippen LogP contribution in [-0.2, 0) is 0 Å². The second-order valence-electron chi connectivity index (χ2n) is 6.72. The van der Waals surface area contributed by atoms with Gasteiger partial charge in [-0.2, -0.15) is 0 Å². The van der Waals surface area contributed by atoms with Crippen molar-refractivity contribution < 1.29 is 8.78 Å². The highest BCUT2D eigenvalue weighted by Gasteiger charge is 2.32. The van der Waals surface area contributed by atoms with Crippen LogP contribution in [0.4, 0.5) is 14.5 Å². The minimum atomic E-state index is -0.365. The molecule has 0 saturated heterocycles. The van der Waals surface area contributed by atoms with E-state index in [0.29, 0.717) is 22.6 Å². The third-order valence-electron chi connectivity index (χ3n) is 4.28. The molecule has 1 aliphatic rings. The molecule has 0 bridgehead atoms. The van der Waals surface area contributed by atoms with Crippen LogP contribution in [0.15, 0.2) is 12.1 Å². The molecule has 19 heavy (non-hydrogen) atoms. The minimum absolute atomic E-state index is 0.227. The molecule has 0 spiro atoms. The number of nitrogens with one attached hydrogen (secondary N) is 1. The van der Waals surface area contributed by atoms with Crippen LogP contribution < -0.4 is 5.32 Å². The van der Waals surface area contributed by atoms with Gasteiger partial charge in [0.1, 0.15) is 11.6 Å². The van der Waals surface area contributed by atoms with E-state index in [1.807, 2.05) is 0 Å². The number of rotatable bonds is 2. The van der Waals surface area contributed by atoms with Gasteiger partial charge >= 0.3 is 0 Å². The van der Waals surface area contributed by atoms with E-state index >= 15 is 0 Å². The summed E-state index contributed by atoms with van der Waals surface area (Å²) in [6, 6.07) is 2.76. The fourth-order valence-electron chi connectivity index (χ4n) is 3.12. The molecule has 2 atom stereocenters. The van der Waals surface area contributed by atoms with Crippen LogP contribution in [0, 0.1) is 29.9 Å². The lowest BCUT2D eigenvalue weighted by Crippen LogP contribution is -2.37. The Morgan fingerprint density at radius 2 is 1.89 bits per heavy atom. The Balaban J connectivity index is 2.12. The minimum Gasteiger partial charge on any atom is -0.380 e. The molecular formula is C16H23F2N. The van der Waals surface area contributed by atoms with E-state index < -0.39 is 0 Å². The van der Waals surface area contributed by atoms with Gasteiger partial charge in [-0.3, -0.25) is 0 Å². The number of aryl methyl sites for hydroxylation is 1. The quantitative estimate of drug-likeness (QED) is 0.803. The first kappa shape index (κ1) is 14.3. The average molecular weight is 267 g/mol. The van der Waals surface area contributed by atoms with E-state index in [4.69, 9.17) is 0 Å². The topological polar surface area (TPSA) is 12.0 Å². The summed E-state index contributed by atoms with van der Waals surface area (Å²) in [7, 11) is 0. The van der Waals surface area contributed by atoms with E-state index in [1.54, 1.807) is 6.92 Å². The van der Waals surface area contributed by atoms with Crippen LogP contribution in [0.25, 0.3) is 0 Å². The van der Waals surface area contributed by atoms with Crippen molar-refractivity contribution in [2.24, 2.45) is 11.3 Å². The summed E-state index contributed by atoms with van der Waals surface area (Å²) in [4.78, 5) is 0. The van der Waals surface area contributed by atoms with Crippen molar-refractivity contribution in [3.05, 3.63) is 29.3 Å². The molecule has 0 heterocycles. The van der Waals surface area contributed by atoms with Crippen molar-refractivity contribution >= 4 is 5.69 Å². The molecule has 1 saturated carbocycles. The lowest BCUT2D eigenvalue weighted by Gasteiger charge is -2.40. The van der Waals surface area contributed by atoms with Gasteiger partial charge in [0.25, 0.3) is 0 Å². The zero-order valence-electron chi connectivity index (χ0n) is 12.2. The van der Waals surface area contributed by atoms with Gasteiger partial charge in [-0.1, -0.05) is 20.8 Å². The zero-order valence-corrected chi connectivity index (χ0v) is 12.2. The Bertz CT molecular complexity index is 468. The van der Waals surface area contributed by atoms with Gasteiger partial charge in [-0.15, -0.1) is 0 Å². The van der Waals surface area contributed by atoms with Crippen molar-refractivity contribution in [1.29, 1.82) is 0 Å². The van der Waals surface area contributed by atoms with Gasteiger partial charge in [0, 0.05) is 12.1 Å². The average Bonchev–Trinajstić information content (AvgIpc) is 2.28. The Morgan fingerprint density at radius 3 is 2.53 bits per heavy atom. The van der Waals surface area contributed by atoms with E-state index in [1.165, 1.54) is 12.1 Å².